The fourth-order valence-corrected chi connectivity index (χ4v) is 4.03. The van der Waals surface area contributed by atoms with Gasteiger partial charge in [-0.2, -0.15) is 5.26 Å². The minimum Gasteiger partial charge on any atom is -0.373 e. The van der Waals surface area contributed by atoms with E-state index >= 15 is 0 Å². The number of halogens is 2. The molecule has 2 amide bonds. The second-order valence-electron chi connectivity index (χ2n) is 7.09. The topological polar surface area (TPSA) is 98.2 Å². The largest absolute Gasteiger partial charge is 0.373 e. The van der Waals surface area contributed by atoms with Crippen molar-refractivity contribution >= 4 is 34.1 Å². The van der Waals surface area contributed by atoms with Crippen molar-refractivity contribution in [2.24, 2.45) is 0 Å². The van der Waals surface area contributed by atoms with Gasteiger partial charge in [0.2, 0.25) is 0 Å². The van der Waals surface area contributed by atoms with E-state index < -0.39 is 17.9 Å². The van der Waals surface area contributed by atoms with Crippen LogP contribution in [0.5, 0.6) is 0 Å². The number of aromatic amines is 1. The number of anilines is 1. The highest BCUT2D eigenvalue weighted by molar-refractivity contribution is 6.31. The molecule has 1 atom stereocenters. The number of hydrogen-bond donors (Lipinski definition) is 2. The molecule has 0 unspecified atom stereocenters. The molecule has 9 heteroatoms. The van der Waals surface area contributed by atoms with Crippen LogP contribution in [0.2, 0.25) is 5.02 Å². The first kappa shape index (κ1) is 20.8. The standard InChI is InChI=1S/C22H18ClFN4O3/c1-2-28(22(30)26-14-4-6-17(24)12(7-14)9-25)19-11-31-10-18-20(19)15-5-3-13(23)8-16(15)21(29)27-18/h3-8,19H,2,10-11H2,1H3,(H,26,30)(H,27,29)/t19-/m1/s1. The molecule has 0 bridgehead atoms. The molecular weight excluding hydrogens is 423 g/mol. The number of likely N-dealkylation sites (N-methyl/N-ethyl adjacent to an activating group) is 1. The molecule has 0 fully saturated rings. The van der Waals surface area contributed by atoms with Gasteiger partial charge in [0.25, 0.3) is 5.56 Å². The van der Waals surface area contributed by atoms with Gasteiger partial charge in [0.15, 0.2) is 0 Å². The van der Waals surface area contributed by atoms with E-state index in [4.69, 9.17) is 21.6 Å². The Morgan fingerprint density at radius 1 is 1.35 bits per heavy atom. The van der Waals surface area contributed by atoms with Gasteiger partial charge in [0, 0.05) is 33.9 Å². The number of urea groups is 1. The van der Waals surface area contributed by atoms with Gasteiger partial charge in [-0.3, -0.25) is 4.79 Å². The highest BCUT2D eigenvalue weighted by atomic mass is 35.5. The number of benzene rings is 2. The molecule has 4 rings (SSSR count). The van der Waals surface area contributed by atoms with Gasteiger partial charge in [-0.25, -0.2) is 9.18 Å². The van der Waals surface area contributed by atoms with Crippen LogP contribution in [0.4, 0.5) is 14.9 Å². The summed E-state index contributed by atoms with van der Waals surface area (Å²) >= 11 is 6.07. The fourth-order valence-electron chi connectivity index (χ4n) is 3.86. The van der Waals surface area contributed by atoms with Gasteiger partial charge in [0.1, 0.15) is 11.9 Å². The molecule has 0 saturated carbocycles. The Labute approximate surface area is 182 Å². The van der Waals surface area contributed by atoms with Gasteiger partial charge in [-0.15, -0.1) is 0 Å². The summed E-state index contributed by atoms with van der Waals surface area (Å²) in [6.45, 7) is 2.64. The zero-order valence-electron chi connectivity index (χ0n) is 16.5. The van der Waals surface area contributed by atoms with Gasteiger partial charge < -0.3 is 19.9 Å². The predicted molar refractivity (Wildman–Crippen MR) is 114 cm³/mol. The average Bonchev–Trinajstić information content (AvgIpc) is 2.76. The molecule has 2 N–H and O–H groups in total. The Morgan fingerprint density at radius 3 is 2.90 bits per heavy atom. The summed E-state index contributed by atoms with van der Waals surface area (Å²) in [5, 5.41) is 13.3. The third kappa shape index (κ3) is 3.85. The van der Waals surface area contributed by atoms with Crippen LogP contribution in [-0.4, -0.2) is 29.1 Å². The number of aromatic nitrogens is 1. The van der Waals surface area contributed by atoms with Crippen LogP contribution < -0.4 is 10.9 Å². The molecule has 0 spiro atoms. The van der Waals surface area contributed by atoms with E-state index in [1.54, 1.807) is 29.2 Å². The number of pyridine rings is 1. The quantitative estimate of drug-likeness (QED) is 0.633. The van der Waals surface area contributed by atoms with E-state index in [0.717, 1.165) is 11.6 Å². The number of nitrogens with one attached hydrogen (secondary N) is 2. The van der Waals surface area contributed by atoms with Crippen LogP contribution in [0.1, 0.15) is 29.8 Å². The Hall–Kier alpha value is -3.41. The van der Waals surface area contributed by atoms with E-state index in [1.165, 1.54) is 12.1 Å². The SMILES string of the molecule is CCN(C(=O)Nc1ccc(F)c(C#N)c1)[C@@H]1COCc2[nH]c(=O)c3cc(Cl)ccc3c21. The number of amides is 2. The summed E-state index contributed by atoms with van der Waals surface area (Å²) in [5.41, 5.74) is 1.27. The molecule has 1 aliphatic rings. The van der Waals surface area contributed by atoms with Crippen LogP contribution in [0.3, 0.4) is 0 Å². The number of nitriles is 1. The van der Waals surface area contributed by atoms with Gasteiger partial charge in [0.05, 0.1) is 24.8 Å². The van der Waals surface area contributed by atoms with E-state index in [-0.39, 0.29) is 24.3 Å². The van der Waals surface area contributed by atoms with Crippen molar-refractivity contribution in [1.29, 1.82) is 5.26 Å². The molecule has 3 aromatic rings. The number of fused-ring (bicyclic) bond motifs is 3. The highest BCUT2D eigenvalue weighted by Gasteiger charge is 2.32. The van der Waals surface area contributed by atoms with Crippen molar-refractivity contribution in [1.82, 2.24) is 9.88 Å². The van der Waals surface area contributed by atoms with E-state index in [1.807, 2.05) is 6.92 Å². The molecule has 2 heterocycles. The Morgan fingerprint density at radius 2 is 2.16 bits per heavy atom. The predicted octanol–water partition coefficient (Wildman–Crippen LogP) is 4.32. The first-order chi connectivity index (χ1) is 14.9. The lowest BCUT2D eigenvalue weighted by molar-refractivity contribution is 0.0471. The van der Waals surface area contributed by atoms with Crippen LogP contribution >= 0.6 is 11.6 Å². The van der Waals surface area contributed by atoms with Crippen LogP contribution in [-0.2, 0) is 11.3 Å². The number of rotatable bonds is 3. The molecule has 1 aromatic heterocycles. The highest BCUT2D eigenvalue weighted by Crippen LogP contribution is 2.34. The summed E-state index contributed by atoms with van der Waals surface area (Å²) in [4.78, 5) is 30.0. The molecule has 1 aliphatic heterocycles. The number of carbonyl (C=O) groups is 1. The lowest BCUT2D eigenvalue weighted by atomic mass is 9.95. The van der Waals surface area contributed by atoms with Crippen LogP contribution in [0.15, 0.2) is 41.2 Å². The third-order valence-corrected chi connectivity index (χ3v) is 5.51. The molecule has 7 nitrogen and oxygen atoms in total. The molecular formula is C22H18ClFN4O3. The minimum atomic E-state index is -0.656. The van der Waals surface area contributed by atoms with Crippen molar-refractivity contribution in [2.75, 3.05) is 18.5 Å². The molecule has 2 aromatic carbocycles. The number of hydrogen-bond acceptors (Lipinski definition) is 4. The number of nitrogens with zero attached hydrogens (tertiary/aromatic N) is 2. The van der Waals surface area contributed by atoms with Crippen molar-refractivity contribution in [2.45, 2.75) is 19.6 Å². The first-order valence-electron chi connectivity index (χ1n) is 9.62. The smallest absolute Gasteiger partial charge is 0.322 e. The lowest BCUT2D eigenvalue weighted by Crippen LogP contribution is -2.42. The average molecular weight is 441 g/mol. The molecule has 0 saturated heterocycles. The van der Waals surface area contributed by atoms with Crippen LogP contribution in [0, 0.1) is 17.1 Å². The second-order valence-corrected chi connectivity index (χ2v) is 7.53. The third-order valence-electron chi connectivity index (χ3n) is 5.28. The Balaban J connectivity index is 1.73. The summed E-state index contributed by atoms with van der Waals surface area (Å²) in [6, 6.07) is 9.72. The van der Waals surface area contributed by atoms with Crippen molar-refractivity contribution in [3.63, 3.8) is 0 Å². The van der Waals surface area contributed by atoms with Crippen LogP contribution in [0.25, 0.3) is 10.8 Å². The van der Waals surface area contributed by atoms with Gasteiger partial charge >= 0.3 is 6.03 Å². The second kappa shape index (κ2) is 8.38. The van der Waals surface area contributed by atoms with Crippen molar-refractivity contribution in [3.8, 4) is 6.07 Å². The van der Waals surface area contributed by atoms with Gasteiger partial charge in [-0.1, -0.05) is 17.7 Å². The molecule has 158 valence electrons. The maximum absolute atomic E-state index is 13.6. The van der Waals surface area contributed by atoms with E-state index in [9.17, 15) is 14.0 Å². The fraction of sp³-hybridized carbons (Fsp3) is 0.227. The minimum absolute atomic E-state index is 0.160. The molecule has 0 aliphatic carbocycles. The monoisotopic (exact) mass is 440 g/mol. The number of H-pyrrole nitrogens is 1. The maximum Gasteiger partial charge on any atom is 0.322 e. The molecule has 0 radical (unpaired) electrons. The summed E-state index contributed by atoms with van der Waals surface area (Å²) in [7, 11) is 0. The lowest BCUT2D eigenvalue weighted by Gasteiger charge is -2.35. The first-order valence-corrected chi connectivity index (χ1v) is 10.00. The zero-order chi connectivity index (χ0) is 22.1. The van der Waals surface area contributed by atoms with E-state index in [2.05, 4.69) is 10.3 Å². The Bertz CT molecular complexity index is 1280. The number of carbonyl (C=O) groups excluding carboxylic acids is 1. The van der Waals surface area contributed by atoms with Crippen molar-refractivity contribution < 1.29 is 13.9 Å². The normalized spacial score (nSPS) is 15.2. The van der Waals surface area contributed by atoms with Gasteiger partial charge in [-0.05, 0) is 42.6 Å². The van der Waals surface area contributed by atoms with E-state index in [0.29, 0.717) is 33.7 Å². The van der Waals surface area contributed by atoms with Crippen molar-refractivity contribution in [3.05, 3.63) is 74.4 Å². The number of ether oxygens (including phenoxy) is 1. The maximum atomic E-state index is 13.6. The summed E-state index contributed by atoms with van der Waals surface area (Å²) in [5.74, 6) is -0.656. The summed E-state index contributed by atoms with van der Waals surface area (Å²) in [6.07, 6.45) is 0. The summed E-state index contributed by atoms with van der Waals surface area (Å²) < 4.78 is 19.3. The zero-order valence-corrected chi connectivity index (χ0v) is 17.3. The Kier molecular flexibility index (Phi) is 5.63. The molecule has 31 heavy (non-hydrogen) atoms.